The Hall–Kier alpha value is -1.30. The first-order chi connectivity index (χ1) is 11.4. The minimum Gasteiger partial charge on any atom is -0.487 e. The van der Waals surface area contributed by atoms with Gasteiger partial charge < -0.3 is 19.5 Å². The summed E-state index contributed by atoms with van der Waals surface area (Å²) in [5, 5.41) is 3.29. The van der Waals surface area contributed by atoms with Crippen LogP contribution in [0.15, 0.2) is 18.2 Å². The summed E-state index contributed by atoms with van der Waals surface area (Å²) in [5.74, 6) is 0.371. The first-order valence-corrected chi connectivity index (χ1v) is 8.55. The summed E-state index contributed by atoms with van der Waals surface area (Å²) in [7, 11) is 3.17. The van der Waals surface area contributed by atoms with Crippen molar-refractivity contribution in [3.63, 3.8) is 0 Å². The number of anilines is 1. The lowest BCUT2D eigenvalue weighted by atomic mass is 9.97. The number of methoxy groups -OCH3 is 2. The van der Waals surface area contributed by atoms with Crippen molar-refractivity contribution in [2.24, 2.45) is 0 Å². The molecular weight excluding hydrogens is 330 g/mol. The molecule has 0 fully saturated rings. The van der Waals surface area contributed by atoms with Gasteiger partial charge in [-0.15, -0.1) is 0 Å². The molecule has 0 unspecified atom stereocenters. The SMILES string of the molecule is CCCC[C@@](C)(OC)C(=O)Nc1ccc(O[C@H](C)COC)c(Cl)c1. The van der Waals surface area contributed by atoms with Crippen molar-refractivity contribution >= 4 is 23.2 Å². The largest absolute Gasteiger partial charge is 0.487 e. The highest BCUT2D eigenvalue weighted by Gasteiger charge is 2.32. The molecule has 0 aliphatic carbocycles. The van der Waals surface area contributed by atoms with Crippen molar-refractivity contribution in [1.82, 2.24) is 0 Å². The number of rotatable bonds is 10. The molecule has 5 nitrogen and oxygen atoms in total. The number of ether oxygens (including phenoxy) is 3. The van der Waals surface area contributed by atoms with Crippen LogP contribution in [0.3, 0.4) is 0 Å². The van der Waals surface area contributed by atoms with Gasteiger partial charge in [0.15, 0.2) is 0 Å². The van der Waals surface area contributed by atoms with Crippen molar-refractivity contribution in [2.75, 3.05) is 26.1 Å². The number of benzene rings is 1. The lowest BCUT2D eigenvalue weighted by Crippen LogP contribution is -2.41. The van der Waals surface area contributed by atoms with E-state index >= 15 is 0 Å². The zero-order chi connectivity index (χ0) is 18.2. The molecule has 0 aliphatic heterocycles. The van der Waals surface area contributed by atoms with Crippen molar-refractivity contribution in [3.05, 3.63) is 23.2 Å². The lowest BCUT2D eigenvalue weighted by molar-refractivity contribution is -0.136. The van der Waals surface area contributed by atoms with E-state index in [0.717, 1.165) is 12.8 Å². The molecule has 24 heavy (non-hydrogen) atoms. The van der Waals surface area contributed by atoms with E-state index in [4.69, 9.17) is 25.8 Å². The first kappa shape index (κ1) is 20.7. The minimum atomic E-state index is -0.857. The molecule has 0 saturated carbocycles. The van der Waals surface area contributed by atoms with Crippen molar-refractivity contribution in [2.45, 2.75) is 51.7 Å². The van der Waals surface area contributed by atoms with E-state index < -0.39 is 5.60 Å². The maximum atomic E-state index is 12.5. The molecule has 0 aliphatic rings. The standard InChI is InChI=1S/C18H28ClNO4/c1-6-7-10-18(3,23-5)17(21)20-14-8-9-16(15(19)11-14)24-13(2)12-22-4/h8-9,11,13H,6-7,10,12H2,1-5H3,(H,20,21)/t13-,18-/m1/s1. The average molecular weight is 358 g/mol. The Labute approximate surface area is 149 Å². The van der Waals surface area contributed by atoms with E-state index in [1.165, 1.54) is 0 Å². The number of nitrogens with one attached hydrogen (secondary N) is 1. The van der Waals surface area contributed by atoms with Crippen LogP contribution in [-0.2, 0) is 14.3 Å². The topological polar surface area (TPSA) is 56.8 Å². The molecule has 0 heterocycles. The normalized spacial score (nSPS) is 14.8. The van der Waals surface area contributed by atoms with Gasteiger partial charge >= 0.3 is 0 Å². The summed E-state index contributed by atoms with van der Waals surface area (Å²) in [6.45, 7) is 6.24. The van der Waals surface area contributed by atoms with Gasteiger partial charge in [-0.25, -0.2) is 0 Å². The highest BCUT2D eigenvalue weighted by atomic mass is 35.5. The monoisotopic (exact) mass is 357 g/mol. The summed E-state index contributed by atoms with van der Waals surface area (Å²) < 4.78 is 16.2. The van der Waals surface area contributed by atoms with E-state index in [2.05, 4.69) is 12.2 Å². The second-order valence-corrected chi connectivity index (χ2v) is 6.43. The fraction of sp³-hybridized carbons (Fsp3) is 0.611. The van der Waals surface area contributed by atoms with E-state index in [0.29, 0.717) is 29.5 Å². The zero-order valence-corrected chi connectivity index (χ0v) is 15.9. The van der Waals surface area contributed by atoms with Crippen LogP contribution in [0.4, 0.5) is 5.69 Å². The third-order valence-electron chi connectivity index (χ3n) is 3.86. The summed E-state index contributed by atoms with van der Waals surface area (Å²) >= 11 is 6.24. The maximum absolute atomic E-state index is 12.5. The molecule has 2 atom stereocenters. The predicted molar refractivity (Wildman–Crippen MR) is 97.0 cm³/mol. The van der Waals surface area contributed by atoms with Crippen molar-refractivity contribution < 1.29 is 19.0 Å². The highest BCUT2D eigenvalue weighted by molar-refractivity contribution is 6.32. The molecule has 1 N–H and O–H groups in total. The van der Waals surface area contributed by atoms with Crippen LogP contribution in [0.1, 0.15) is 40.0 Å². The first-order valence-electron chi connectivity index (χ1n) is 8.18. The number of unbranched alkanes of at least 4 members (excludes halogenated alkanes) is 1. The second kappa shape index (κ2) is 9.87. The van der Waals surface area contributed by atoms with Crippen LogP contribution < -0.4 is 10.1 Å². The molecular formula is C18H28ClNO4. The van der Waals surface area contributed by atoms with Gasteiger partial charge in [-0.1, -0.05) is 31.4 Å². The van der Waals surface area contributed by atoms with E-state index in [-0.39, 0.29) is 12.0 Å². The molecule has 6 heteroatoms. The second-order valence-electron chi connectivity index (χ2n) is 6.02. The van der Waals surface area contributed by atoms with E-state index in [1.54, 1.807) is 39.3 Å². The molecule has 1 amide bonds. The molecule has 0 saturated heterocycles. The summed E-state index contributed by atoms with van der Waals surface area (Å²) in [4.78, 5) is 12.5. The number of carbonyl (C=O) groups excluding carboxylic acids is 1. The van der Waals surface area contributed by atoms with Gasteiger partial charge in [-0.3, -0.25) is 4.79 Å². The fourth-order valence-corrected chi connectivity index (χ4v) is 2.47. The molecule has 136 valence electrons. The van der Waals surface area contributed by atoms with Gasteiger partial charge in [0.1, 0.15) is 17.5 Å². The van der Waals surface area contributed by atoms with Gasteiger partial charge in [-0.2, -0.15) is 0 Å². The summed E-state index contributed by atoms with van der Waals surface area (Å²) in [5.41, 5.74) is -0.249. The third kappa shape index (κ3) is 5.96. The molecule has 0 bridgehead atoms. The molecule has 1 aromatic rings. The highest BCUT2D eigenvalue weighted by Crippen LogP contribution is 2.29. The number of carbonyl (C=O) groups is 1. The van der Waals surface area contributed by atoms with Crippen LogP contribution >= 0.6 is 11.6 Å². The van der Waals surface area contributed by atoms with Crippen molar-refractivity contribution in [3.8, 4) is 5.75 Å². The molecule has 0 radical (unpaired) electrons. The Kier molecular flexibility index (Phi) is 8.53. The molecule has 0 aromatic heterocycles. The summed E-state index contributed by atoms with van der Waals surface area (Å²) in [6, 6.07) is 5.17. The maximum Gasteiger partial charge on any atom is 0.256 e. The number of amides is 1. The Bertz CT molecular complexity index is 538. The van der Waals surface area contributed by atoms with Crippen LogP contribution in [0.25, 0.3) is 0 Å². The van der Waals surface area contributed by atoms with E-state index in [1.807, 2.05) is 6.92 Å². The van der Waals surface area contributed by atoms with Gasteiger partial charge in [0, 0.05) is 19.9 Å². The van der Waals surface area contributed by atoms with Crippen LogP contribution in [0.2, 0.25) is 5.02 Å². The number of halogens is 1. The Morgan fingerprint density at radius 1 is 1.38 bits per heavy atom. The van der Waals surface area contributed by atoms with Crippen LogP contribution in [0.5, 0.6) is 5.75 Å². The van der Waals surface area contributed by atoms with Crippen LogP contribution in [-0.4, -0.2) is 38.4 Å². The predicted octanol–water partition coefficient (Wildman–Crippen LogP) is 4.29. The minimum absolute atomic E-state index is 0.112. The number of hydrogen-bond acceptors (Lipinski definition) is 4. The Balaban J connectivity index is 2.78. The van der Waals surface area contributed by atoms with Gasteiger partial charge in [0.25, 0.3) is 5.91 Å². The van der Waals surface area contributed by atoms with Gasteiger partial charge in [0.2, 0.25) is 0 Å². The lowest BCUT2D eigenvalue weighted by Gasteiger charge is -2.27. The Morgan fingerprint density at radius 2 is 2.08 bits per heavy atom. The van der Waals surface area contributed by atoms with Gasteiger partial charge in [-0.05, 0) is 38.5 Å². The molecule has 0 spiro atoms. The molecule has 1 rings (SSSR count). The summed E-state index contributed by atoms with van der Waals surface area (Å²) in [6.07, 6.45) is 2.47. The zero-order valence-electron chi connectivity index (χ0n) is 15.1. The Morgan fingerprint density at radius 3 is 2.62 bits per heavy atom. The number of hydrogen-bond donors (Lipinski definition) is 1. The smallest absolute Gasteiger partial charge is 0.256 e. The fourth-order valence-electron chi connectivity index (χ4n) is 2.25. The van der Waals surface area contributed by atoms with Crippen molar-refractivity contribution in [1.29, 1.82) is 0 Å². The average Bonchev–Trinajstić information content (AvgIpc) is 2.55. The molecule has 1 aromatic carbocycles. The van der Waals surface area contributed by atoms with Crippen LogP contribution in [0, 0.1) is 0 Å². The van der Waals surface area contributed by atoms with Gasteiger partial charge in [0.05, 0.1) is 11.6 Å². The third-order valence-corrected chi connectivity index (χ3v) is 4.15. The quantitative estimate of drug-likeness (QED) is 0.678. The van der Waals surface area contributed by atoms with E-state index in [9.17, 15) is 4.79 Å².